The number of hydrogen-bond donors (Lipinski definition) is 1. The van der Waals surface area contributed by atoms with E-state index >= 15 is 0 Å². The van der Waals surface area contributed by atoms with Crippen LogP contribution in [-0.2, 0) is 16.0 Å². The molecule has 2 aromatic carbocycles. The van der Waals surface area contributed by atoms with E-state index in [-0.39, 0.29) is 17.6 Å². The fourth-order valence-corrected chi connectivity index (χ4v) is 6.00. The minimum atomic E-state index is -0.955. The molecule has 1 N–H and O–H groups in total. The van der Waals surface area contributed by atoms with Gasteiger partial charge in [0.1, 0.15) is 5.82 Å². The molecule has 29 heavy (non-hydrogen) atoms. The van der Waals surface area contributed by atoms with Crippen molar-refractivity contribution in [2.75, 3.05) is 10.2 Å². The number of nitrogens with zero attached hydrogens (tertiary/aromatic N) is 2. The highest BCUT2D eigenvalue weighted by Gasteiger charge is 2.57. The van der Waals surface area contributed by atoms with Crippen LogP contribution in [0.5, 0.6) is 0 Å². The molecule has 0 aliphatic carbocycles. The van der Waals surface area contributed by atoms with Crippen molar-refractivity contribution in [1.29, 1.82) is 0 Å². The molecule has 0 radical (unpaired) electrons. The number of para-hydroxylation sites is 1. The Morgan fingerprint density at radius 3 is 2.83 bits per heavy atom. The summed E-state index contributed by atoms with van der Waals surface area (Å²) in [5.74, 6) is -0.531. The summed E-state index contributed by atoms with van der Waals surface area (Å²) < 4.78 is 13.1. The lowest BCUT2D eigenvalue weighted by Crippen LogP contribution is -2.49. The van der Waals surface area contributed by atoms with Crippen molar-refractivity contribution in [2.24, 2.45) is 0 Å². The van der Waals surface area contributed by atoms with Crippen molar-refractivity contribution in [3.05, 3.63) is 71.0 Å². The molecule has 2 amide bonds. The van der Waals surface area contributed by atoms with E-state index in [1.54, 1.807) is 23.2 Å². The largest absolute Gasteiger partial charge is 0.299 e. The molecule has 2 aliphatic rings. The first-order chi connectivity index (χ1) is 14.0. The first-order valence-electron chi connectivity index (χ1n) is 9.17. The normalized spacial score (nSPS) is 19.9. The molecular weight excluding hydrogens is 409 g/mol. The van der Waals surface area contributed by atoms with Gasteiger partial charge in [0.2, 0.25) is 5.91 Å². The van der Waals surface area contributed by atoms with Crippen LogP contribution in [0.4, 0.5) is 15.2 Å². The van der Waals surface area contributed by atoms with E-state index in [0.717, 1.165) is 21.0 Å². The summed E-state index contributed by atoms with van der Waals surface area (Å²) in [6.07, 6.45) is 3.15. The predicted octanol–water partition coefficient (Wildman–Crippen LogP) is 4.44. The van der Waals surface area contributed by atoms with Crippen molar-refractivity contribution in [1.82, 2.24) is 4.98 Å². The van der Waals surface area contributed by atoms with E-state index in [2.05, 4.69) is 10.3 Å². The number of benzene rings is 2. The third-order valence-corrected chi connectivity index (χ3v) is 7.48. The second-order valence-corrected chi connectivity index (χ2v) is 9.41. The van der Waals surface area contributed by atoms with Crippen molar-refractivity contribution in [3.63, 3.8) is 0 Å². The maximum absolute atomic E-state index is 13.2. The number of thioether (sulfide) groups is 1. The minimum absolute atomic E-state index is 0.0336. The molecule has 5 nitrogen and oxygen atoms in total. The zero-order valence-electron chi connectivity index (χ0n) is 15.2. The summed E-state index contributed by atoms with van der Waals surface area (Å²) in [5, 5.41) is 3.41. The van der Waals surface area contributed by atoms with Gasteiger partial charge in [-0.05, 0) is 36.2 Å². The summed E-state index contributed by atoms with van der Waals surface area (Å²) >= 11 is 2.82. The van der Waals surface area contributed by atoms with Crippen LogP contribution in [0.3, 0.4) is 0 Å². The molecule has 1 aromatic heterocycles. The predicted molar refractivity (Wildman–Crippen MR) is 112 cm³/mol. The third-order valence-electron chi connectivity index (χ3n) is 5.09. The first kappa shape index (κ1) is 18.3. The van der Waals surface area contributed by atoms with Crippen LogP contribution in [0.15, 0.2) is 59.6 Å². The van der Waals surface area contributed by atoms with E-state index in [0.29, 0.717) is 24.4 Å². The van der Waals surface area contributed by atoms with Gasteiger partial charge >= 0.3 is 0 Å². The number of carbonyl (C=O) groups is 2. The highest BCUT2D eigenvalue weighted by molar-refractivity contribution is 8.02. The molecule has 0 saturated carbocycles. The molecule has 1 atom stereocenters. The standard InChI is InChI=1S/C21H16FN3O2S2/c22-14-7-5-13(6-8-14)11-15-12-23-20(28-15)24-19(27)21-10-9-18(26)25(21)16-3-1-2-4-17(16)29-21/h1-8,12H,9-11H2,(H,23,24,27). The van der Waals surface area contributed by atoms with Crippen LogP contribution < -0.4 is 10.2 Å². The Balaban J connectivity index is 1.35. The van der Waals surface area contributed by atoms with Crippen LogP contribution in [0.1, 0.15) is 23.3 Å². The Kier molecular flexibility index (Phi) is 4.40. The van der Waals surface area contributed by atoms with Crippen molar-refractivity contribution in [3.8, 4) is 0 Å². The van der Waals surface area contributed by atoms with E-state index in [1.807, 2.05) is 24.3 Å². The van der Waals surface area contributed by atoms with Crippen molar-refractivity contribution in [2.45, 2.75) is 29.0 Å². The minimum Gasteiger partial charge on any atom is -0.299 e. The van der Waals surface area contributed by atoms with Gasteiger partial charge in [0.05, 0.1) is 5.69 Å². The average molecular weight is 426 g/mol. The summed E-state index contributed by atoms with van der Waals surface area (Å²) in [4.78, 5) is 32.6. The molecule has 3 heterocycles. The van der Waals surface area contributed by atoms with Crippen LogP contribution in [0, 0.1) is 5.82 Å². The van der Waals surface area contributed by atoms with E-state index in [9.17, 15) is 14.0 Å². The molecule has 3 aromatic rings. The van der Waals surface area contributed by atoms with E-state index in [1.165, 1.54) is 35.2 Å². The van der Waals surface area contributed by atoms with Gasteiger partial charge in [-0.15, -0.1) is 11.3 Å². The van der Waals surface area contributed by atoms with Crippen LogP contribution in [0.2, 0.25) is 0 Å². The second-order valence-electron chi connectivity index (χ2n) is 6.97. The molecule has 1 saturated heterocycles. The lowest BCUT2D eigenvalue weighted by Gasteiger charge is -2.29. The van der Waals surface area contributed by atoms with Crippen LogP contribution >= 0.6 is 23.1 Å². The Morgan fingerprint density at radius 2 is 2.00 bits per heavy atom. The zero-order chi connectivity index (χ0) is 20.0. The van der Waals surface area contributed by atoms with Gasteiger partial charge < -0.3 is 0 Å². The van der Waals surface area contributed by atoms with E-state index < -0.39 is 4.87 Å². The average Bonchev–Trinajstić information content (AvgIpc) is 3.38. The monoisotopic (exact) mass is 425 g/mol. The number of aromatic nitrogens is 1. The molecule has 1 fully saturated rings. The molecule has 0 spiro atoms. The van der Waals surface area contributed by atoms with Gasteiger partial charge in [-0.25, -0.2) is 9.37 Å². The summed E-state index contributed by atoms with van der Waals surface area (Å²) in [5.41, 5.74) is 1.77. The number of carbonyl (C=O) groups excluding carboxylic acids is 2. The number of hydrogen-bond acceptors (Lipinski definition) is 5. The lowest BCUT2D eigenvalue weighted by molar-refractivity contribution is -0.121. The highest BCUT2D eigenvalue weighted by Crippen LogP contribution is 2.56. The Morgan fingerprint density at radius 1 is 1.21 bits per heavy atom. The molecule has 0 bridgehead atoms. The smallest absolute Gasteiger partial charge is 0.263 e. The number of thiazole rings is 1. The molecule has 2 aliphatic heterocycles. The Hall–Kier alpha value is -2.71. The number of halogens is 1. The number of nitrogens with one attached hydrogen (secondary N) is 1. The maximum atomic E-state index is 13.2. The molecule has 1 unspecified atom stereocenters. The van der Waals surface area contributed by atoms with Gasteiger partial charge in [-0.3, -0.25) is 19.8 Å². The molecular formula is C21H16FN3O2S2. The fourth-order valence-electron chi connectivity index (χ4n) is 3.74. The number of rotatable bonds is 4. The quantitative estimate of drug-likeness (QED) is 0.671. The van der Waals surface area contributed by atoms with E-state index in [4.69, 9.17) is 0 Å². The van der Waals surface area contributed by atoms with Crippen LogP contribution in [0.25, 0.3) is 0 Å². The zero-order valence-corrected chi connectivity index (χ0v) is 16.9. The lowest BCUT2D eigenvalue weighted by atomic mass is 10.1. The van der Waals surface area contributed by atoms with Gasteiger partial charge in [-0.1, -0.05) is 36.0 Å². The maximum Gasteiger partial charge on any atom is 0.263 e. The summed E-state index contributed by atoms with van der Waals surface area (Å²) in [6, 6.07) is 13.9. The fraction of sp³-hybridized carbons (Fsp3) is 0.190. The van der Waals surface area contributed by atoms with Gasteiger partial charge in [-0.2, -0.15) is 0 Å². The number of anilines is 2. The summed E-state index contributed by atoms with van der Waals surface area (Å²) in [7, 11) is 0. The third kappa shape index (κ3) is 3.12. The Bertz CT molecular complexity index is 1120. The molecule has 5 rings (SSSR count). The van der Waals surface area contributed by atoms with Crippen molar-refractivity contribution >= 4 is 45.7 Å². The Labute approximate surface area is 175 Å². The summed E-state index contributed by atoms with van der Waals surface area (Å²) in [6.45, 7) is 0. The topological polar surface area (TPSA) is 62.3 Å². The highest BCUT2D eigenvalue weighted by atomic mass is 32.2. The molecule has 8 heteroatoms. The van der Waals surface area contributed by atoms with Gasteiger partial charge in [0.15, 0.2) is 10.0 Å². The van der Waals surface area contributed by atoms with Crippen molar-refractivity contribution < 1.29 is 14.0 Å². The number of fused-ring (bicyclic) bond motifs is 3. The first-order valence-corrected chi connectivity index (χ1v) is 10.8. The molecule has 146 valence electrons. The van der Waals surface area contributed by atoms with Crippen LogP contribution in [-0.4, -0.2) is 21.7 Å². The number of amides is 2. The van der Waals surface area contributed by atoms with Gasteiger partial charge in [0.25, 0.3) is 5.91 Å². The van der Waals surface area contributed by atoms with Gasteiger partial charge in [0, 0.05) is 28.8 Å². The SMILES string of the molecule is O=C1CCC2(C(=O)Nc3ncc(Cc4ccc(F)cc4)s3)Sc3ccccc3N12. The second kappa shape index (κ2) is 6.96.